The van der Waals surface area contributed by atoms with Gasteiger partial charge in [0.2, 0.25) is 10.0 Å². The van der Waals surface area contributed by atoms with E-state index < -0.39 is 26.5 Å². The Morgan fingerprint density at radius 3 is 2.50 bits per heavy atom. The number of carboxylic acid groups (broad SMARTS) is 1. The van der Waals surface area contributed by atoms with Gasteiger partial charge in [0.05, 0.1) is 9.82 Å². The predicted octanol–water partition coefficient (Wildman–Crippen LogP) is 2.28. The molecule has 0 aliphatic carbocycles. The Bertz CT molecular complexity index is 702. The average molecular weight is 395 g/mol. The summed E-state index contributed by atoms with van der Waals surface area (Å²) >= 11 is 3.00. The Kier molecular flexibility index (Phi) is 5.65. The van der Waals surface area contributed by atoms with E-state index in [1.165, 1.54) is 0 Å². The molecule has 0 saturated heterocycles. The molecule has 0 atom stereocenters. The second-order valence-corrected chi connectivity index (χ2v) is 7.76. The molecule has 1 aromatic carbocycles. The zero-order valence-corrected chi connectivity index (χ0v) is 14.3. The molecule has 0 radical (unpaired) electrons. The van der Waals surface area contributed by atoms with E-state index in [0.29, 0.717) is 0 Å². The standard InChI is InChI=1S/C12H15BrN2O6S/c1-12(2,6-5-11(16)17)14-22(20,21)10-4-3-8(15(18)19)7-9(10)13/h3-4,7,14H,5-6H2,1-2H3,(H,16,17). The van der Waals surface area contributed by atoms with Crippen molar-refractivity contribution in [2.24, 2.45) is 0 Å². The van der Waals surface area contributed by atoms with Crippen molar-refractivity contribution in [2.75, 3.05) is 0 Å². The van der Waals surface area contributed by atoms with Gasteiger partial charge in [-0.1, -0.05) is 0 Å². The van der Waals surface area contributed by atoms with Crippen LogP contribution in [-0.2, 0) is 14.8 Å². The zero-order chi connectivity index (χ0) is 17.1. The van der Waals surface area contributed by atoms with Crippen molar-refractivity contribution < 1.29 is 23.2 Å². The summed E-state index contributed by atoms with van der Waals surface area (Å²) in [7, 11) is -3.95. The van der Waals surface area contributed by atoms with Crippen LogP contribution in [0.15, 0.2) is 27.6 Å². The second kappa shape index (κ2) is 6.71. The van der Waals surface area contributed by atoms with Gasteiger partial charge in [0, 0.05) is 28.6 Å². The number of sulfonamides is 1. The van der Waals surface area contributed by atoms with E-state index in [-0.39, 0.29) is 27.9 Å². The predicted molar refractivity (Wildman–Crippen MR) is 82.1 cm³/mol. The number of nitro groups is 1. The van der Waals surface area contributed by atoms with Gasteiger partial charge in [-0.3, -0.25) is 14.9 Å². The minimum atomic E-state index is -3.95. The van der Waals surface area contributed by atoms with Crippen molar-refractivity contribution in [1.29, 1.82) is 0 Å². The number of nitrogens with one attached hydrogen (secondary N) is 1. The van der Waals surface area contributed by atoms with Crippen LogP contribution >= 0.6 is 15.9 Å². The van der Waals surface area contributed by atoms with Crippen LogP contribution in [0.4, 0.5) is 5.69 Å². The number of benzene rings is 1. The van der Waals surface area contributed by atoms with Gasteiger partial charge < -0.3 is 5.11 Å². The monoisotopic (exact) mass is 394 g/mol. The molecule has 8 nitrogen and oxygen atoms in total. The van der Waals surface area contributed by atoms with E-state index in [1.807, 2.05) is 0 Å². The van der Waals surface area contributed by atoms with Gasteiger partial charge >= 0.3 is 5.97 Å². The van der Waals surface area contributed by atoms with Crippen LogP contribution in [0, 0.1) is 10.1 Å². The molecule has 1 rings (SSSR count). The van der Waals surface area contributed by atoms with Crippen LogP contribution < -0.4 is 4.72 Å². The van der Waals surface area contributed by atoms with E-state index in [1.54, 1.807) is 13.8 Å². The summed E-state index contributed by atoms with van der Waals surface area (Å²) in [6, 6.07) is 3.31. The largest absolute Gasteiger partial charge is 0.481 e. The summed E-state index contributed by atoms with van der Waals surface area (Å²) in [6.45, 7) is 3.12. The van der Waals surface area contributed by atoms with Crippen LogP contribution in [0.2, 0.25) is 0 Å². The van der Waals surface area contributed by atoms with E-state index >= 15 is 0 Å². The van der Waals surface area contributed by atoms with Gasteiger partial charge in [0.15, 0.2) is 0 Å². The molecule has 0 spiro atoms. The Hall–Kier alpha value is -1.52. The molecule has 2 N–H and O–H groups in total. The van der Waals surface area contributed by atoms with Gasteiger partial charge in [-0.05, 0) is 42.3 Å². The molecule has 10 heteroatoms. The first-order chi connectivity index (χ1) is 9.94. The molecule has 0 aliphatic heterocycles. The van der Waals surface area contributed by atoms with Crippen molar-refractivity contribution in [1.82, 2.24) is 4.72 Å². The number of carbonyl (C=O) groups is 1. The Morgan fingerprint density at radius 2 is 2.05 bits per heavy atom. The second-order valence-electron chi connectivity index (χ2n) is 5.25. The summed E-state index contributed by atoms with van der Waals surface area (Å²) in [5.74, 6) is -1.02. The number of hydrogen-bond acceptors (Lipinski definition) is 5. The lowest BCUT2D eigenvalue weighted by Gasteiger charge is -2.25. The van der Waals surface area contributed by atoms with Gasteiger partial charge in [-0.15, -0.1) is 0 Å². The summed E-state index contributed by atoms with van der Waals surface area (Å²) in [4.78, 5) is 20.5. The summed E-state index contributed by atoms with van der Waals surface area (Å²) in [5, 5.41) is 19.3. The minimum Gasteiger partial charge on any atom is -0.481 e. The summed E-state index contributed by atoms with van der Waals surface area (Å²) in [5.41, 5.74) is -1.21. The van der Waals surface area contributed by atoms with E-state index in [4.69, 9.17) is 5.11 Å². The first-order valence-electron chi connectivity index (χ1n) is 6.14. The maximum atomic E-state index is 12.3. The third-order valence-electron chi connectivity index (χ3n) is 2.79. The quantitative estimate of drug-likeness (QED) is 0.539. The van der Waals surface area contributed by atoms with Gasteiger partial charge in [0.25, 0.3) is 5.69 Å². The van der Waals surface area contributed by atoms with Crippen LogP contribution in [-0.4, -0.2) is 30.0 Å². The molecule has 0 amide bonds. The molecule has 22 heavy (non-hydrogen) atoms. The number of nitrogens with zero attached hydrogens (tertiary/aromatic N) is 1. The molecule has 0 bridgehead atoms. The molecule has 0 aromatic heterocycles. The summed E-state index contributed by atoms with van der Waals surface area (Å²) < 4.78 is 27.1. The highest BCUT2D eigenvalue weighted by Crippen LogP contribution is 2.28. The van der Waals surface area contributed by atoms with Gasteiger partial charge in [-0.2, -0.15) is 0 Å². The first-order valence-corrected chi connectivity index (χ1v) is 8.42. The Morgan fingerprint density at radius 1 is 1.45 bits per heavy atom. The molecule has 0 fully saturated rings. The fourth-order valence-corrected chi connectivity index (χ4v) is 4.22. The van der Waals surface area contributed by atoms with Gasteiger partial charge in [0.1, 0.15) is 0 Å². The number of aliphatic carboxylic acids is 1. The van der Waals surface area contributed by atoms with Crippen molar-refractivity contribution in [3.63, 3.8) is 0 Å². The number of non-ortho nitro benzene ring substituents is 1. The van der Waals surface area contributed by atoms with Crippen LogP contribution in [0.1, 0.15) is 26.7 Å². The average Bonchev–Trinajstić information content (AvgIpc) is 2.34. The van der Waals surface area contributed by atoms with Crippen LogP contribution in [0.5, 0.6) is 0 Å². The lowest BCUT2D eigenvalue weighted by Crippen LogP contribution is -2.43. The van der Waals surface area contributed by atoms with E-state index in [2.05, 4.69) is 20.7 Å². The Labute approximate surface area is 135 Å². The topological polar surface area (TPSA) is 127 Å². The molecule has 0 heterocycles. The third-order valence-corrected chi connectivity index (χ3v) is 5.47. The lowest BCUT2D eigenvalue weighted by molar-refractivity contribution is -0.385. The van der Waals surface area contributed by atoms with Crippen LogP contribution in [0.25, 0.3) is 0 Å². The normalized spacial score (nSPS) is 12.1. The molecule has 122 valence electrons. The van der Waals surface area contributed by atoms with Crippen molar-refractivity contribution in [3.05, 3.63) is 32.8 Å². The molecule has 0 aliphatic rings. The van der Waals surface area contributed by atoms with Crippen molar-refractivity contribution in [3.8, 4) is 0 Å². The maximum Gasteiger partial charge on any atom is 0.303 e. The lowest BCUT2D eigenvalue weighted by atomic mass is 10.0. The van der Waals surface area contributed by atoms with Crippen LogP contribution in [0.3, 0.4) is 0 Å². The Balaban J connectivity index is 3.04. The number of carboxylic acids is 1. The zero-order valence-electron chi connectivity index (χ0n) is 11.9. The third kappa shape index (κ3) is 5.04. The number of halogens is 1. The smallest absolute Gasteiger partial charge is 0.303 e. The molecule has 1 aromatic rings. The summed E-state index contributed by atoms with van der Waals surface area (Å²) in [6.07, 6.45) is -0.0802. The maximum absolute atomic E-state index is 12.3. The van der Waals surface area contributed by atoms with Gasteiger partial charge in [-0.25, -0.2) is 13.1 Å². The minimum absolute atomic E-state index is 0.0586. The highest BCUT2D eigenvalue weighted by molar-refractivity contribution is 9.10. The SMILES string of the molecule is CC(C)(CCC(=O)O)NS(=O)(=O)c1ccc([N+](=O)[O-])cc1Br. The van der Waals surface area contributed by atoms with Crippen molar-refractivity contribution >= 4 is 37.6 Å². The van der Waals surface area contributed by atoms with E-state index in [9.17, 15) is 23.3 Å². The number of rotatable bonds is 7. The van der Waals surface area contributed by atoms with Crippen molar-refractivity contribution in [2.45, 2.75) is 37.1 Å². The fourth-order valence-electron chi connectivity index (χ4n) is 1.71. The van der Waals surface area contributed by atoms with E-state index in [0.717, 1.165) is 18.2 Å². The highest BCUT2D eigenvalue weighted by Gasteiger charge is 2.28. The molecular formula is C12H15BrN2O6S. The number of nitro benzene ring substituents is 1. The molecular weight excluding hydrogens is 380 g/mol. The highest BCUT2D eigenvalue weighted by atomic mass is 79.9. The fraction of sp³-hybridized carbons (Fsp3) is 0.417. The number of hydrogen-bond donors (Lipinski definition) is 2. The first kappa shape index (κ1) is 18.5. The molecule has 0 unspecified atom stereocenters. The molecule has 0 saturated carbocycles.